The first kappa shape index (κ1) is 17.3. The number of rotatable bonds is 6. The minimum atomic E-state index is -0.525. The predicted octanol–water partition coefficient (Wildman–Crippen LogP) is 5.01. The van der Waals surface area contributed by atoms with E-state index in [-0.39, 0.29) is 17.5 Å². The molecule has 0 spiro atoms. The lowest BCUT2D eigenvalue weighted by molar-refractivity contribution is -0.118. The van der Waals surface area contributed by atoms with Gasteiger partial charge in [-0.2, -0.15) is 0 Å². The van der Waals surface area contributed by atoms with Crippen molar-refractivity contribution in [2.24, 2.45) is 0 Å². The molecule has 0 aliphatic rings. The molecule has 2 aromatic carbocycles. The predicted molar refractivity (Wildman–Crippen MR) is 90.7 cm³/mol. The van der Waals surface area contributed by atoms with E-state index in [9.17, 15) is 9.18 Å². The highest BCUT2D eigenvalue weighted by Gasteiger charge is 2.11. The Labute approximate surface area is 140 Å². The molecule has 1 atom stereocenters. The van der Waals surface area contributed by atoms with Crippen LogP contribution in [0.15, 0.2) is 42.5 Å². The van der Waals surface area contributed by atoms with E-state index in [0.717, 1.165) is 12.0 Å². The Bertz CT molecular complexity index is 690. The molecule has 23 heavy (non-hydrogen) atoms. The molecule has 0 aliphatic carbocycles. The van der Waals surface area contributed by atoms with Crippen LogP contribution >= 0.6 is 11.6 Å². The molecule has 0 aromatic heterocycles. The monoisotopic (exact) mass is 335 g/mol. The normalized spacial score (nSPS) is 11.8. The maximum Gasteiger partial charge on any atom is 0.262 e. The number of hydrogen-bond acceptors (Lipinski definition) is 2. The molecule has 2 aromatic rings. The van der Waals surface area contributed by atoms with Gasteiger partial charge < -0.3 is 10.1 Å². The van der Waals surface area contributed by atoms with Crippen LogP contribution in [0.25, 0.3) is 0 Å². The number of amides is 1. The summed E-state index contributed by atoms with van der Waals surface area (Å²) in [6, 6.07) is 11.7. The topological polar surface area (TPSA) is 38.3 Å². The molecule has 0 radical (unpaired) electrons. The minimum Gasteiger partial charge on any atom is -0.483 e. The smallest absolute Gasteiger partial charge is 0.262 e. The van der Waals surface area contributed by atoms with Crippen molar-refractivity contribution in [2.75, 3.05) is 11.9 Å². The number of hydrogen-bond donors (Lipinski definition) is 1. The van der Waals surface area contributed by atoms with Gasteiger partial charge in [0.15, 0.2) is 6.61 Å². The Balaban J connectivity index is 1.98. The first-order chi connectivity index (χ1) is 11.0. The number of anilines is 1. The highest BCUT2D eigenvalue weighted by atomic mass is 35.5. The molecule has 5 heteroatoms. The molecule has 0 aliphatic heterocycles. The zero-order valence-corrected chi connectivity index (χ0v) is 13.9. The van der Waals surface area contributed by atoms with Crippen LogP contribution in [-0.4, -0.2) is 12.5 Å². The Morgan fingerprint density at radius 1 is 1.30 bits per heavy atom. The van der Waals surface area contributed by atoms with Gasteiger partial charge in [-0.25, -0.2) is 4.39 Å². The van der Waals surface area contributed by atoms with E-state index >= 15 is 0 Å². The SMILES string of the molecule is CC[C@@H](C)c1ccccc1OCC(=O)Nc1ccc(F)c(Cl)c1. The zero-order valence-electron chi connectivity index (χ0n) is 13.1. The van der Waals surface area contributed by atoms with E-state index < -0.39 is 5.82 Å². The number of ether oxygens (including phenoxy) is 1. The summed E-state index contributed by atoms with van der Waals surface area (Å²) in [7, 11) is 0. The Morgan fingerprint density at radius 2 is 2.04 bits per heavy atom. The second-order valence-corrected chi connectivity index (χ2v) is 5.72. The van der Waals surface area contributed by atoms with Crippen LogP contribution in [0.5, 0.6) is 5.75 Å². The van der Waals surface area contributed by atoms with Crippen LogP contribution < -0.4 is 10.1 Å². The summed E-state index contributed by atoms with van der Waals surface area (Å²) < 4.78 is 18.7. The summed E-state index contributed by atoms with van der Waals surface area (Å²) in [5.74, 6) is 0.203. The molecular formula is C18H19ClFNO2. The van der Waals surface area contributed by atoms with Gasteiger partial charge in [0.1, 0.15) is 11.6 Å². The van der Waals surface area contributed by atoms with Crippen molar-refractivity contribution in [3.63, 3.8) is 0 Å². The van der Waals surface area contributed by atoms with E-state index in [0.29, 0.717) is 17.4 Å². The van der Waals surface area contributed by atoms with Crippen molar-refractivity contribution in [1.82, 2.24) is 0 Å². The molecule has 0 saturated heterocycles. The highest BCUT2D eigenvalue weighted by molar-refractivity contribution is 6.31. The quantitative estimate of drug-likeness (QED) is 0.805. The lowest BCUT2D eigenvalue weighted by Crippen LogP contribution is -2.20. The van der Waals surface area contributed by atoms with Crippen LogP contribution in [0.3, 0.4) is 0 Å². The first-order valence-corrected chi connectivity index (χ1v) is 7.85. The van der Waals surface area contributed by atoms with Gasteiger partial charge in [0.2, 0.25) is 0 Å². The second kappa shape index (κ2) is 7.97. The van der Waals surface area contributed by atoms with Gasteiger partial charge in [0, 0.05) is 5.69 Å². The minimum absolute atomic E-state index is 0.0363. The average molecular weight is 336 g/mol. The lowest BCUT2D eigenvalue weighted by Gasteiger charge is -2.15. The third-order valence-corrected chi connectivity index (χ3v) is 3.91. The summed E-state index contributed by atoms with van der Waals surface area (Å²) >= 11 is 5.68. The van der Waals surface area contributed by atoms with E-state index in [1.165, 1.54) is 18.2 Å². The molecule has 2 rings (SSSR count). The molecule has 0 heterocycles. The Kier molecular flexibility index (Phi) is 5.99. The average Bonchev–Trinajstić information content (AvgIpc) is 2.56. The van der Waals surface area contributed by atoms with Crippen molar-refractivity contribution >= 4 is 23.2 Å². The van der Waals surface area contributed by atoms with Crippen LogP contribution in [0.1, 0.15) is 31.7 Å². The van der Waals surface area contributed by atoms with Crippen LogP contribution in [-0.2, 0) is 4.79 Å². The lowest BCUT2D eigenvalue weighted by atomic mass is 9.98. The van der Waals surface area contributed by atoms with Gasteiger partial charge >= 0.3 is 0 Å². The molecule has 1 N–H and O–H groups in total. The van der Waals surface area contributed by atoms with Crippen LogP contribution in [0.4, 0.5) is 10.1 Å². The maximum atomic E-state index is 13.1. The van der Waals surface area contributed by atoms with Crippen molar-refractivity contribution in [2.45, 2.75) is 26.2 Å². The third-order valence-electron chi connectivity index (χ3n) is 3.62. The summed E-state index contributed by atoms with van der Waals surface area (Å²) in [4.78, 5) is 12.0. The van der Waals surface area contributed by atoms with Gasteiger partial charge in [-0.15, -0.1) is 0 Å². The van der Waals surface area contributed by atoms with Gasteiger partial charge in [-0.05, 0) is 42.2 Å². The molecule has 3 nitrogen and oxygen atoms in total. The fraction of sp³-hybridized carbons (Fsp3) is 0.278. The number of carbonyl (C=O) groups is 1. The van der Waals surface area contributed by atoms with E-state index in [4.69, 9.17) is 16.3 Å². The van der Waals surface area contributed by atoms with E-state index in [2.05, 4.69) is 19.2 Å². The summed E-state index contributed by atoms with van der Waals surface area (Å²) in [5.41, 5.74) is 1.51. The third kappa shape index (κ3) is 4.70. The largest absolute Gasteiger partial charge is 0.483 e. The first-order valence-electron chi connectivity index (χ1n) is 7.48. The van der Waals surface area contributed by atoms with E-state index in [1.54, 1.807) is 0 Å². The molecule has 0 fully saturated rings. The van der Waals surface area contributed by atoms with Crippen molar-refractivity contribution in [1.29, 1.82) is 0 Å². The maximum absolute atomic E-state index is 13.1. The number of nitrogens with one attached hydrogen (secondary N) is 1. The fourth-order valence-corrected chi connectivity index (χ4v) is 2.33. The standard InChI is InChI=1S/C18H19ClFNO2/c1-3-12(2)14-6-4-5-7-17(14)23-11-18(22)21-13-8-9-16(20)15(19)10-13/h4-10,12H,3,11H2,1-2H3,(H,21,22)/t12-/m1/s1. The van der Waals surface area contributed by atoms with Crippen molar-refractivity contribution < 1.29 is 13.9 Å². The molecule has 0 bridgehead atoms. The molecular weight excluding hydrogens is 317 g/mol. The number of carbonyl (C=O) groups excluding carboxylic acids is 1. The Hall–Kier alpha value is -2.07. The van der Waals surface area contributed by atoms with Crippen LogP contribution in [0, 0.1) is 5.82 Å². The van der Waals surface area contributed by atoms with Crippen LogP contribution in [0.2, 0.25) is 5.02 Å². The number of halogens is 2. The van der Waals surface area contributed by atoms with E-state index in [1.807, 2.05) is 24.3 Å². The molecule has 0 unspecified atom stereocenters. The highest BCUT2D eigenvalue weighted by Crippen LogP contribution is 2.28. The number of para-hydroxylation sites is 1. The Morgan fingerprint density at radius 3 is 2.74 bits per heavy atom. The van der Waals surface area contributed by atoms with Gasteiger partial charge in [0.25, 0.3) is 5.91 Å². The zero-order chi connectivity index (χ0) is 16.8. The van der Waals surface area contributed by atoms with Gasteiger partial charge in [-0.1, -0.05) is 43.6 Å². The second-order valence-electron chi connectivity index (χ2n) is 5.31. The fourth-order valence-electron chi connectivity index (χ4n) is 2.15. The molecule has 1 amide bonds. The molecule has 0 saturated carbocycles. The molecule has 122 valence electrons. The van der Waals surface area contributed by atoms with Gasteiger partial charge in [0.05, 0.1) is 5.02 Å². The van der Waals surface area contributed by atoms with Gasteiger partial charge in [-0.3, -0.25) is 4.79 Å². The van der Waals surface area contributed by atoms with Crippen molar-refractivity contribution in [3.05, 3.63) is 58.9 Å². The summed E-state index contributed by atoms with van der Waals surface area (Å²) in [5, 5.41) is 2.59. The summed E-state index contributed by atoms with van der Waals surface area (Å²) in [6.07, 6.45) is 0.987. The van der Waals surface area contributed by atoms with Crippen molar-refractivity contribution in [3.8, 4) is 5.75 Å². The summed E-state index contributed by atoms with van der Waals surface area (Å²) in [6.45, 7) is 4.09. The number of benzene rings is 2.